The smallest absolute Gasteiger partial charge is 0.311 e. The van der Waals surface area contributed by atoms with Gasteiger partial charge in [-0.25, -0.2) is 0 Å². The van der Waals surface area contributed by atoms with E-state index in [1.807, 2.05) is 34.6 Å². The van der Waals surface area contributed by atoms with Gasteiger partial charge >= 0.3 is 5.97 Å². The fraction of sp³-hybridized carbons (Fsp3) is 0.870. The molecule has 0 saturated carbocycles. The quantitative estimate of drug-likeness (QED) is 0.0501. The highest BCUT2D eigenvalue weighted by molar-refractivity contribution is 5.88. The van der Waals surface area contributed by atoms with Crippen LogP contribution in [0.2, 0.25) is 0 Å². The number of aliphatic hydroxyl groups is 2. The third kappa shape index (κ3) is 13.5. The topological polar surface area (TPSA) is 149 Å². The number of hydrogen-bond acceptors (Lipinski definition) is 12. The summed E-state index contributed by atoms with van der Waals surface area (Å²) in [5.74, 6) is 0.564. The molecule has 3 fully saturated rings. The van der Waals surface area contributed by atoms with Gasteiger partial charge in [-0.2, -0.15) is 0 Å². The molecule has 3 rings (SSSR count). The van der Waals surface area contributed by atoms with Gasteiger partial charge in [-0.1, -0.05) is 58.9 Å². The number of oxime groups is 1. The Bertz CT molecular complexity index is 1370. The molecule has 0 bridgehead atoms. The van der Waals surface area contributed by atoms with E-state index in [9.17, 15) is 20.2 Å². The number of aliphatic hydroxyl groups excluding tert-OH is 1. The summed E-state index contributed by atoms with van der Waals surface area (Å²) in [6.45, 7) is 28.7. The molecule has 0 aromatic rings. The lowest BCUT2D eigenvalue weighted by Crippen LogP contribution is -2.54. The van der Waals surface area contributed by atoms with Crippen LogP contribution in [0.25, 0.3) is 0 Å². The van der Waals surface area contributed by atoms with Crippen molar-refractivity contribution in [3.05, 3.63) is 12.2 Å². The minimum Gasteiger partial charge on any atom is -0.459 e. The fourth-order valence-electron chi connectivity index (χ4n) is 9.52. The molecule has 3 saturated heterocycles. The van der Waals surface area contributed by atoms with Gasteiger partial charge in [0.1, 0.15) is 6.10 Å². The van der Waals surface area contributed by atoms with Crippen LogP contribution in [0.1, 0.15) is 134 Å². The van der Waals surface area contributed by atoms with E-state index >= 15 is 0 Å². The summed E-state index contributed by atoms with van der Waals surface area (Å²) in [6.07, 6.45) is 5.70. The number of terminal acetylenes is 1. The molecule has 0 amide bonds. The average Bonchev–Trinajstić information content (AvgIpc) is 3.16. The van der Waals surface area contributed by atoms with Gasteiger partial charge < -0.3 is 48.7 Å². The maximum atomic E-state index is 14.3. The zero-order chi connectivity index (χ0) is 43.7. The standard InChI is InChI=1S/C46H80N2O10/c1-16-18-21-48(15)36-23-30(6)54-39(24-36)58-43(46(14)20-19-27(3)26-53-34(10)31(7)40(47-52)29(5)25-46)32(8)42(57-38-22-28(4)41(49)35(11)55-38)33(9)44(50)56-37(17-2)45(12,13)51/h1,28-39,41-43,49,51-52H,3,17-26H2,2,4-15H3/b47-40+/t28-,29+,30+,31+,32-,33+,34?,35?,36-,37+,38-,39-,41+,42-,43+,46+/m0/s1. The number of ether oxygens (including phenoxy) is 6. The molecule has 0 aliphatic carbocycles. The van der Waals surface area contributed by atoms with E-state index in [-0.39, 0.29) is 36.0 Å². The van der Waals surface area contributed by atoms with Gasteiger partial charge in [0, 0.05) is 43.7 Å². The maximum Gasteiger partial charge on any atom is 0.311 e. The van der Waals surface area contributed by atoms with E-state index in [4.69, 9.17) is 34.8 Å². The predicted molar refractivity (Wildman–Crippen MR) is 226 cm³/mol. The first-order valence-electron chi connectivity index (χ1n) is 21.9. The summed E-state index contributed by atoms with van der Waals surface area (Å²) in [4.78, 5) is 16.5. The Kier molecular flexibility index (Phi) is 19.2. The molecule has 2 unspecified atom stereocenters. The predicted octanol–water partition coefficient (Wildman–Crippen LogP) is 7.36. The first kappa shape index (κ1) is 50.3. The van der Waals surface area contributed by atoms with Crippen LogP contribution in [0.5, 0.6) is 0 Å². The Balaban J connectivity index is 2.19. The van der Waals surface area contributed by atoms with Crippen LogP contribution in [0.4, 0.5) is 0 Å². The molecule has 0 spiro atoms. The van der Waals surface area contributed by atoms with Crippen molar-refractivity contribution >= 4 is 11.7 Å². The summed E-state index contributed by atoms with van der Waals surface area (Å²) in [6, 6.07) is 0.170. The van der Waals surface area contributed by atoms with Gasteiger partial charge in [-0.05, 0) is 97.9 Å². The first-order chi connectivity index (χ1) is 27.1. The van der Waals surface area contributed by atoms with Crippen LogP contribution in [0, 0.1) is 47.3 Å². The first-order valence-corrected chi connectivity index (χ1v) is 21.9. The number of hydrogen-bond donors (Lipinski definition) is 3. The molecular formula is C46H80N2O10. The van der Waals surface area contributed by atoms with Gasteiger partial charge in [-0.3, -0.25) is 4.79 Å². The van der Waals surface area contributed by atoms with Gasteiger partial charge in [0.05, 0.1) is 60.5 Å². The lowest BCUT2D eigenvalue weighted by Gasteiger charge is -2.49. The van der Waals surface area contributed by atoms with Crippen LogP contribution in [-0.2, 0) is 33.2 Å². The molecule has 0 radical (unpaired) electrons. The Morgan fingerprint density at radius 3 is 2.33 bits per heavy atom. The second kappa shape index (κ2) is 22.1. The Morgan fingerprint density at radius 2 is 1.74 bits per heavy atom. The highest BCUT2D eigenvalue weighted by Gasteiger charge is 2.49. The van der Waals surface area contributed by atoms with Gasteiger partial charge in [-0.15, -0.1) is 12.3 Å². The summed E-state index contributed by atoms with van der Waals surface area (Å²) >= 11 is 0. The number of esters is 1. The van der Waals surface area contributed by atoms with Crippen LogP contribution in [0.15, 0.2) is 17.3 Å². The number of carbonyl (C=O) groups excluding carboxylic acids is 1. The van der Waals surface area contributed by atoms with Crippen LogP contribution >= 0.6 is 0 Å². The number of carbonyl (C=O) groups is 1. The third-order valence-electron chi connectivity index (χ3n) is 13.4. The minimum absolute atomic E-state index is 0.0847. The van der Waals surface area contributed by atoms with E-state index < -0.39 is 71.9 Å². The van der Waals surface area contributed by atoms with Crippen molar-refractivity contribution in [3.63, 3.8) is 0 Å². The SMILES string of the molecule is C#CCCN(C)[C@@H]1C[C@H](O[C@H]([C@@H](C)[C@H](O[C@H]2C[C@H](C)[C@@H](O)C(C)O2)[C@@H](C)C(=O)O[C@H](CC)C(C)(C)O)[C@]2(C)CCC(=C)COC(C)[C@@H](C)/C(=N/O)[C@H](C)C2)O[C@H](C)C1. The highest BCUT2D eigenvalue weighted by Crippen LogP contribution is 2.46. The second-order valence-electron chi connectivity index (χ2n) is 19.0. The molecule has 58 heavy (non-hydrogen) atoms. The highest BCUT2D eigenvalue weighted by atomic mass is 16.7. The monoisotopic (exact) mass is 821 g/mol. The van der Waals surface area contributed by atoms with Crippen LogP contribution < -0.4 is 0 Å². The van der Waals surface area contributed by atoms with Crippen molar-refractivity contribution in [1.29, 1.82) is 0 Å². The van der Waals surface area contributed by atoms with E-state index in [1.165, 1.54) is 0 Å². The van der Waals surface area contributed by atoms with Gasteiger partial charge in [0.2, 0.25) is 0 Å². The molecule has 0 aromatic carbocycles. The average molecular weight is 821 g/mol. The van der Waals surface area contributed by atoms with Crippen molar-refractivity contribution in [2.45, 2.75) is 201 Å². The lowest BCUT2D eigenvalue weighted by atomic mass is 9.66. The molecule has 334 valence electrons. The minimum atomic E-state index is -1.25. The van der Waals surface area contributed by atoms with Crippen molar-refractivity contribution in [1.82, 2.24) is 4.90 Å². The van der Waals surface area contributed by atoms with E-state index in [2.05, 4.69) is 57.3 Å². The second-order valence-corrected chi connectivity index (χ2v) is 19.0. The van der Waals surface area contributed by atoms with Gasteiger partial charge in [0.25, 0.3) is 0 Å². The molecular weight excluding hydrogens is 741 g/mol. The van der Waals surface area contributed by atoms with Crippen LogP contribution in [-0.4, -0.2) is 119 Å². The lowest BCUT2D eigenvalue weighted by molar-refractivity contribution is -0.285. The van der Waals surface area contributed by atoms with E-state index in [0.29, 0.717) is 57.3 Å². The zero-order valence-electron chi connectivity index (χ0n) is 38.1. The van der Waals surface area contributed by atoms with Crippen molar-refractivity contribution in [2.75, 3.05) is 20.2 Å². The summed E-state index contributed by atoms with van der Waals surface area (Å²) in [5, 5.41) is 36.0. The third-order valence-corrected chi connectivity index (χ3v) is 13.4. The normalized spacial score (nSPS) is 36.6. The summed E-state index contributed by atoms with van der Waals surface area (Å²) in [5.41, 5.74) is -0.260. The molecule has 12 nitrogen and oxygen atoms in total. The maximum absolute atomic E-state index is 14.3. The van der Waals surface area contributed by atoms with Gasteiger partial charge in [0.15, 0.2) is 12.6 Å². The molecule has 3 N–H and O–H groups in total. The van der Waals surface area contributed by atoms with Crippen molar-refractivity contribution in [3.8, 4) is 12.3 Å². The molecule has 3 heterocycles. The fourth-order valence-corrected chi connectivity index (χ4v) is 9.52. The zero-order valence-corrected chi connectivity index (χ0v) is 38.1. The number of rotatable bonds is 15. The molecule has 3 aliphatic heterocycles. The summed E-state index contributed by atoms with van der Waals surface area (Å²) in [7, 11) is 2.09. The Morgan fingerprint density at radius 1 is 1.09 bits per heavy atom. The van der Waals surface area contributed by atoms with E-state index in [1.54, 1.807) is 20.8 Å². The van der Waals surface area contributed by atoms with E-state index in [0.717, 1.165) is 18.5 Å². The summed E-state index contributed by atoms with van der Waals surface area (Å²) < 4.78 is 39.5. The Labute approximate surface area is 350 Å². The molecule has 0 aromatic heterocycles. The Hall–Kier alpha value is -2.08. The van der Waals surface area contributed by atoms with Crippen molar-refractivity contribution in [2.24, 2.45) is 40.2 Å². The number of nitrogens with zero attached hydrogens (tertiary/aromatic N) is 2. The molecule has 16 atom stereocenters. The largest absolute Gasteiger partial charge is 0.459 e. The molecule has 3 aliphatic rings. The van der Waals surface area contributed by atoms with Crippen molar-refractivity contribution < 1.29 is 48.6 Å². The van der Waals surface area contributed by atoms with Crippen LogP contribution in [0.3, 0.4) is 0 Å². The molecule has 12 heteroatoms.